The molecule has 0 aromatic rings. The van der Waals surface area contributed by atoms with Crippen molar-refractivity contribution in [3.8, 4) is 0 Å². The molecule has 0 saturated heterocycles. The molecular formula is C9H15O. The fraction of sp³-hybridized carbons (Fsp3) is 0.889. The monoisotopic (exact) mass is 139 g/mol. The number of hydrogen-bond donors (Lipinski definition) is 0. The van der Waals surface area contributed by atoms with E-state index in [0.717, 1.165) is 5.92 Å². The van der Waals surface area contributed by atoms with E-state index in [0.29, 0.717) is 6.10 Å². The summed E-state index contributed by atoms with van der Waals surface area (Å²) >= 11 is 0. The van der Waals surface area contributed by atoms with Gasteiger partial charge in [-0.25, -0.2) is 0 Å². The quantitative estimate of drug-likeness (QED) is 0.541. The van der Waals surface area contributed by atoms with Gasteiger partial charge in [0.05, 0.1) is 11.7 Å². The van der Waals surface area contributed by atoms with Gasteiger partial charge in [-0.1, -0.05) is 0 Å². The molecule has 0 aliphatic heterocycles. The summed E-state index contributed by atoms with van der Waals surface area (Å²) in [5, 5.41) is 0. The summed E-state index contributed by atoms with van der Waals surface area (Å²) in [5.41, 5.74) is 0.0645. The van der Waals surface area contributed by atoms with Crippen molar-refractivity contribution >= 4 is 0 Å². The lowest BCUT2D eigenvalue weighted by atomic mass is 9.53. The predicted molar refractivity (Wildman–Crippen MR) is 40.6 cm³/mol. The maximum absolute atomic E-state index is 5.80. The minimum absolute atomic E-state index is 0.0645. The molecule has 0 aromatic heterocycles. The Morgan fingerprint density at radius 1 is 1.30 bits per heavy atom. The van der Waals surface area contributed by atoms with Gasteiger partial charge in [-0.3, -0.25) is 0 Å². The Hall–Kier alpha value is -0.0400. The van der Waals surface area contributed by atoms with Gasteiger partial charge in [0, 0.05) is 5.92 Å². The van der Waals surface area contributed by atoms with Gasteiger partial charge in [0.1, 0.15) is 0 Å². The van der Waals surface area contributed by atoms with Crippen LogP contribution < -0.4 is 0 Å². The van der Waals surface area contributed by atoms with Crippen LogP contribution in [0.4, 0.5) is 0 Å². The van der Waals surface area contributed by atoms with Crippen molar-refractivity contribution in [3.63, 3.8) is 0 Å². The standard InChI is InChI=1S/C9H15O/c1-9(2,3)10-8-6-4-7(8)5-6/h6,8H,4-5H2,1-3H3. The molecule has 1 radical (unpaired) electrons. The predicted octanol–water partition coefficient (Wildman–Crippen LogP) is 2.17. The molecule has 3 saturated carbocycles. The lowest BCUT2D eigenvalue weighted by Gasteiger charge is -2.58. The van der Waals surface area contributed by atoms with Crippen LogP contribution in [0.15, 0.2) is 0 Å². The largest absolute Gasteiger partial charge is 0.372 e. The molecule has 3 aliphatic rings. The van der Waals surface area contributed by atoms with Crippen LogP contribution in [0.5, 0.6) is 0 Å². The van der Waals surface area contributed by atoms with Crippen molar-refractivity contribution in [2.75, 3.05) is 0 Å². The highest BCUT2D eigenvalue weighted by Gasteiger charge is 2.55. The van der Waals surface area contributed by atoms with Crippen molar-refractivity contribution in [1.82, 2.24) is 0 Å². The van der Waals surface area contributed by atoms with Crippen molar-refractivity contribution in [1.29, 1.82) is 0 Å². The van der Waals surface area contributed by atoms with E-state index in [-0.39, 0.29) is 5.60 Å². The number of ether oxygens (including phenoxy) is 1. The van der Waals surface area contributed by atoms with Gasteiger partial charge in [-0.15, -0.1) is 0 Å². The smallest absolute Gasteiger partial charge is 0.0673 e. The first kappa shape index (κ1) is 6.66. The molecule has 1 nitrogen and oxygen atoms in total. The van der Waals surface area contributed by atoms with Crippen molar-refractivity contribution in [2.45, 2.75) is 45.3 Å². The van der Waals surface area contributed by atoms with Crippen LogP contribution in [0, 0.1) is 11.8 Å². The van der Waals surface area contributed by atoms with Crippen LogP contribution in [0.3, 0.4) is 0 Å². The second-order valence-electron chi connectivity index (χ2n) is 4.48. The average Bonchev–Trinajstić information content (AvgIpc) is 1.51. The van der Waals surface area contributed by atoms with Crippen LogP contribution in [0.25, 0.3) is 0 Å². The Morgan fingerprint density at radius 2 is 1.80 bits per heavy atom. The second kappa shape index (κ2) is 1.76. The van der Waals surface area contributed by atoms with Crippen LogP contribution in [0.1, 0.15) is 33.6 Å². The zero-order valence-corrected chi connectivity index (χ0v) is 6.98. The van der Waals surface area contributed by atoms with E-state index in [1.165, 1.54) is 12.8 Å². The van der Waals surface area contributed by atoms with E-state index in [1.54, 1.807) is 5.92 Å². The molecular weight excluding hydrogens is 124 g/mol. The first-order chi connectivity index (χ1) is 4.56. The Kier molecular flexibility index (Phi) is 1.17. The molecule has 0 amide bonds. The molecule has 1 unspecified atom stereocenters. The Bertz CT molecular complexity index is 131. The number of rotatable bonds is 1. The van der Waals surface area contributed by atoms with E-state index in [1.807, 2.05) is 0 Å². The van der Waals surface area contributed by atoms with E-state index < -0.39 is 0 Å². The molecule has 1 atom stereocenters. The molecule has 0 aromatic carbocycles. The zero-order valence-electron chi connectivity index (χ0n) is 6.98. The topological polar surface area (TPSA) is 9.23 Å². The highest BCUT2D eigenvalue weighted by Crippen LogP contribution is 2.57. The van der Waals surface area contributed by atoms with Gasteiger partial charge in [0.15, 0.2) is 0 Å². The van der Waals surface area contributed by atoms with Crippen LogP contribution in [-0.2, 0) is 4.74 Å². The van der Waals surface area contributed by atoms with Gasteiger partial charge < -0.3 is 4.74 Å². The van der Waals surface area contributed by atoms with Gasteiger partial charge >= 0.3 is 0 Å². The van der Waals surface area contributed by atoms with Gasteiger partial charge in [-0.2, -0.15) is 0 Å². The third kappa shape index (κ3) is 0.878. The fourth-order valence-corrected chi connectivity index (χ4v) is 1.63. The van der Waals surface area contributed by atoms with Gasteiger partial charge in [0.2, 0.25) is 0 Å². The highest BCUT2D eigenvalue weighted by atomic mass is 16.5. The third-order valence-electron chi connectivity index (χ3n) is 2.36. The molecule has 3 rings (SSSR count). The van der Waals surface area contributed by atoms with Crippen molar-refractivity contribution in [2.24, 2.45) is 5.92 Å². The lowest BCUT2D eigenvalue weighted by molar-refractivity contribution is -0.154. The van der Waals surface area contributed by atoms with E-state index in [2.05, 4.69) is 20.8 Å². The van der Waals surface area contributed by atoms with E-state index in [9.17, 15) is 0 Å². The first-order valence-corrected chi connectivity index (χ1v) is 4.09. The minimum Gasteiger partial charge on any atom is -0.372 e. The Balaban J connectivity index is 1.82. The minimum atomic E-state index is 0.0645. The van der Waals surface area contributed by atoms with Crippen LogP contribution >= 0.6 is 0 Å². The van der Waals surface area contributed by atoms with Crippen LogP contribution in [-0.4, -0.2) is 11.7 Å². The highest BCUT2D eigenvalue weighted by molar-refractivity contribution is 5.26. The maximum Gasteiger partial charge on any atom is 0.0673 e. The molecule has 3 fully saturated rings. The molecule has 0 spiro atoms. The third-order valence-corrected chi connectivity index (χ3v) is 2.36. The summed E-state index contributed by atoms with van der Waals surface area (Å²) in [5.74, 6) is 2.55. The molecule has 1 heteroatoms. The SMILES string of the molecule is CC(C)(C)OC1[C]2CC1C2. The summed E-state index contributed by atoms with van der Waals surface area (Å²) in [6.45, 7) is 6.39. The van der Waals surface area contributed by atoms with Gasteiger partial charge in [0.25, 0.3) is 0 Å². The molecule has 0 heterocycles. The molecule has 2 bridgehead atoms. The van der Waals surface area contributed by atoms with E-state index in [4.69, 9.17) is 4.74 Å². The number of hydrogen-bond acceptors (Lipinski definition) is 1. The normalized spacial score (nSPS) is 38.7. The fourth-order valence-electron chi connectivity index (χ4n) is 1.63. The summed E-state index contributed by atoms with van der Waals surface area (Å²) < 4.78 is 5.80. The van der Waals surface area contributed by atoms with Gasteiger partial charge in [-0.05, 0) is 39.5 Å². The molecule has 3 aliphatic carbocycles. The Labute approximate surface area is 62.8 Å². The summed E-state index contributed by atoms with van der Waals surface area (Å²) in [4.78, 5) is 0. The zero-order chi connectivity index (χ0) is 7.35. The summed E-state index contributed by atoms with van der Waals surface area (Å²) in [6, 6.07) is 0. The summed E-state index contributed by atoms with van der Waals surface area (Å²) in [7, 11) is 0. The average molecular weight is 139 g/mol. The van der Waals surface area contributed by atoms with Crippen molar-refractivity contribution in [3.05, 3.63) is 5.92 Å². The van der Waals surface area contributed by atoms with Crippen molar-refractivity contribution < 1.29 is 4.74 Å². The van der Waals surface area contributed by atoms with E-state index >= 15 is 0 Å². The molecule has 0 N–H and O–H groups in total. The summed E-state index contributed by atoms with van der Waals surface area (Å²) in [6.07, 6.45) is 3.28. The molecule has 57 valence electrons. The Morgan fingerprint density at radius 3 is 1.90 bits per heavy atom. The first-order valence-electron chi connectivity index (χ1n) is 4.09. The molecule has 10 heavy (non-hydrogen) atoms. The maximum atomic E-state index is 5.80. The van der Waals surface area contributed by atoms with Crippen LogP contribution in [0.2, 0.25) is 0 Å². The second-order valence-corrected chi connectivity index (χ2v) is 4.48. The lowest BCUT2D eigenvalue weighted by Crippen LogP contribution is -2.56.